The van der Waals surface area contributed by atoms with E-state index < -0.39 is 0 Å². The van der Waals surface area contributed by atoms with Gasteiger partial charge in [0.1, 0.15) is 5.52 Å². The van der Waals surface area contributed by atoms with E-state index in [-0.39, 0.29) is 17.3 Å². The Kier molecular flexibility index (Phi) is 4.34. The molecule has 0 bridgehead atoms. The van der Waals surface area contributed by atoms with Crippen LogP contribution >= 0.6 is 0 Å². The molecule has 8 nitrogen and oxygen atoms in total. The van der Waals surface area contributed by atoms with Gasteiger partial charge in [0.2, 0.25) is 11.9 Å². The summed E-state index contributed by atoms with van der Waals surface area (Å²) in [5.74, 6) is 1.24. The normalized spacial score (nSPS) is 22.1. The van der Waals surface area contributed by atoms with Crippen LogP contribution in [0.25, 0.3) is 11.2 Å². The molecule has 0 unspecified atom stereocenters. The SMILES string of the molecule is Nc1nc(N2CC[C@]3(CCCN(CCc4ccccc4)C3=O)C2)c2[nH]cnc2n1. The molecule has 0 radical (unpaired) electrons. The number of aromatic nitrogens is 4. The van der Waals surface area contributed by atoms with E-state index in [1.54, 1.807) is 6.33 Å². The van der Waals surface area contributed by atoms with Gasteiger partial charge in [0.25, 0.3) is 0 Å². The fourth-order valence-corrected chi connectivity index (χ4v) is 4.77. The van der Waals surface area contributed by atoms with Crippen molar-refractivity contribution in [2.24, 2.45) is 5.41 Å². The largest absolute Gasteiger partial charge is 0.368 e. The van der Waals surface area contributed by atoms with E-state index in [0.717, 1.165) is 56.7 Å². The third kappa shape index (κ3) is 3.18. The van der Waals surface area contributed by atoms with Crippen molar-refractivity contribution >= 4 is 28.8 Å². The molecular formula is C21H25N7O. The molecule has 1 aromatic carbocycles. The molecule has 1 spiro atoms. The summed E-state index contributed by atoms with van der Waals surface area (Å²) >= 11 is 0. The van der Waals surface area contributed by atoms with Gasteiger partial charge >= 0.3 is 0 Å². The van der Waals surface area contributed by atoms with Crippen LogP contribution in [-0.2, 0) is 11.2 Å². The quantitative estimate of drug-likeness (QED) is 0.705. The lowest BCUT2D eigenvalue weighted by molar-refractivity contribution is -0.144. The van der Waals surface area contributed by atoms with Gasteiger partial charge in [0, 0.05) is 26.2 Å². The maximum atomic E-state index is 13.4. The molecule has 4 heterocycles. The average molecular weight is 391 g/mol. The summed E-state index contributed by atoms with van der Waals surface area (Å²) in [6, 6.07) is 10.4. The van der Waals surface area contributed by atoms with Crippen molar-refractivity contribution in [3.63, 3.8) is 0 Å². The monoisotopic (exact) mass is 391 g/mol. The molecule has 29 heavy (non-hydrogen) atoms. The highest BCUT2D eigenvalue weighted by molar-refractivity contribution is 5.88. The molecule has 1 atom stereocenters. The number of anilines is 2. The standard InChI is InChI=1S/C21H25N7O/c22-20-25-17-16(23-14-24-17)18(26-20)28-12-9-21(13-28)8-4-10-27(19(21)29)11-7-15-5-2-1-3-6-15/h1-3,5-6,14H,4,7-13H2,(H3,22,23,24,25,26)/t21-/m1/s1. The van der Waals surface area contributed by atoms with E-state index in [1.165, 1.54) is 5.56 Å². The number of piperidine rings is 1. The summed E-state index contributed by atoms with van der Waals surface area (Å²) in [6.07, 6.45) is 5.30. The molecule has 2 aromatic heterocycles. The number of aromatic amines is 1. The Balaban J connectivity index is 1.34. The van der Waals surface area contributed by atoms with Gasteiger partial charge in [-0.3, -0.25) is 4.79 Å². The summed E-state index contributed by atoms with van der Waals surface area (Å²) in [7, 11) is 0. The number of nitrogens with two attached hydrogens (primary N) is 1. The first-order valence-corrected chi connectivity index (χ1v) is 10.2. The number of benzene rings is 1. The maximum Gasteiger partial charge on any atom is 0.230 e. The Morgan fingerprint density at radius 2 is 2.00 bits per heavy atom. The number of likely N-dealkylation sites (tertiary alicyclic amines) is 1. The predicted molar refractivity (Wildman–Crippen MR) is 111 cm³/mol. The van der Waals surface area contributed by atoms with Crippen LogP contribution < -0.4 is 10.6 Å². The fourth-order valence-electron chi connectivity index (χ4n) is 4.77. The zero-order chi connectivity index (χ0) is 19.8. The number of nitrogens with one attached hydrogen (secondary N) is 1. The van der Waals surface area contributed by atoms with Crippen LogP contribution in [0, 0.1) is 5.41 Å². The molecule has 8 heteroatoms. The smallest absolute Gasteiger partial charge is 0.230 e. The minimum absolute atomic E-state index is 0.208. The van der Waals surface area contributed by atoms with Gasteiger partial charge in [-0.2, -0.15) is 9.97 Å². The average Bonchev–Trinajstić information content (AvgIpc) is 3.37. The number of carbonyl (C=O) groups excluding carboxylic acids is 1. The Labute approximate surface area is 169 Å². The molecule has 150 valence electrons. The summed E-state index contributed by atoms with van der Waals surface area (Å²) in [5.41, 5.74) is 8.17. The minimum Gasteiger partial charge on any atom is -0.368 e. The number of amides is 1. The van der Waals surface area contributed by atoms with Gasteiger partial charge in [-0.1, -0.05) is 30.3 Å². The van der Waals surface area contributed by atoms with Crippen molar-refractivity contribution in [1.29, 1.82) is 0 Å². The fraction of sp³-hybridized carbons (Fsp3) is 0.429. The van der Waals surface area contributed by atoms with E-state index >= 15 is 0 Å². The summed E-state index contributed by atoms with van der Waals surface area (Å²) in [4.78, 5) is 33.6. The van der Waals surface area contributed by atoms with Gasteiger partial charge in [0.15, 0.2) is 11.5 Å². The highest BCUT2D eigenvalue weighted by Crippen LogP contribution is 2.42. The van der Waals surface area contributed by atoms with Crippen molar-refractivity contribution in [2.45, 2.75) is 25.7 Å². The molecular weight excluding hydrogens is 366 g/mol. The Bertz CT molecular complexity index is 1030. The summed E-state index contributed by atoms with van der Waals surface area (Å²) < 4.78 is 0. The van der Waals surface area contributed by atoms with E-state index in [1.807, 2.05) is 18.2 Å². The van der Waals surface area contributed by atoms with Gasteiger partial charge < -0.3 is 20.5 Å². The molecule has 2 aliphatic heterocycles. The van der Waals surface area contributed by atoms with Gasteiger partial charge in [0.05, 0.1) is 11.7 Å². The van der Waals surface area contributed by atoms with Crippen molar-refractivity contribution in [3.8, 4) is 0 Å². The second kappa shape index (κ2) is 7.02. The van der Waals surface area contributed by atoms with Crippen molar-refractivity contribution in [1.82, 2.24) is 24.8 Å². The molecule has 0 aliphatic carbocycles. The van der Waals surface area contributed by atoms with Crippen LogP contribution in [-0.4, -0.2) is 56.9 Å². The van der Waals surface area contributed by atoms with E-state index in [4.69, 9.17) is 5.73 Å². The number of H-pyrrole nitrogens is 1. The predicted octanol–water partition coefficient (Wildman–Crippen LogP) is 2.00. The summed E-state index contributed by atoms with van der Waals surface area (Å²) in [6.45, 7) is 3.07. The van der Waals surface area contributed by atoms with Crippen molar-refractivity contribution < 1.29 is 4.79 Å². The third-order valence-corrected chi connectivity index (χ3v) is 6.27. The van der Waals surface area contributed by atoms with Crippen molar-refractivity contribution in [2.75, 3.05) is 36.8 Å². The second-order valence-electron chi connectivity index (χ2n) is 8.09. The highest BCUT2D eigenvalue weighted by atomic mass is 16.2. The number of carbonyl (C=O) groups is 1. The first kappa shape index (κ1) is 17.9. The minimum atomic E-state index is -0.332. The van der Waals surface area contributed by atoms with E-state index in [9.17, 15) is 4.79 Å². The maximum absolute atomic E-state index is 13.4. The Hall–Kier alpha value is -3.16. The molecule has 0 saturated carbocycles. The topological polar surface area (TPSA) is 104 Å². The molecule has 3 N–H and O–H groups in total. The first-order valence-electron chi connectivity index (χ1n) is 10.2. The molecule has 2 saturated heterocycles. The molecule has 3 aromatic rings. The van der Waals surface area contributed by atoms with Gasteiger partial charge in [-0.25, -0.2) is 4.98 Å². The van der Waals surface area contributed by atoms with E-state index in [2.05, 4.69) is 41.9 Å². The van der Waals surface area contributed by atoms with Crippen molar-refractivity contribution in [3.05, 3.63) is 42.2 Å². The Morgan fingerprint density at radius 3 is 2.86 bits per heavy atom. The van der Waals surface area contributed by atoms with Crippen LogP contribution in [0.3, 0.4) is 0 Å². The lowest BCUT2D eigenvalue weighted by Crippen LogP contribution is -2.50. The zero-order valence-electron chi connectivity index (χ0n) is 16.3. The number of nitrogen functional groups attached to an aromatic ring is 1. The Morgan fingerprint density at radius 1 is 1.14 bits per heavy atom. The van der Waals surface area contributed by atoms with Gasteiger partial charge in [-0.15, -0.1) is 0 Å². The number of hydrogen-bond donors (Lipinski definition) is 2. The first-order chi connectivity index (χ1) is 14.1. The summed E-state index contributed by atoms with van der Waals surface area (Å²) in [5, 5.41) is 0. The highest BCUT2D eigenvalue weighted by Gasteiger charge is 2.48. The third-order valence-electron chi connectivity index (χ3n) is 6.27. The molecule has 1 amide bonds. The van der Waals surface area contributed by atoms with Crippen LogP contribution in [0.5, 0.6) is 0 Å². The number of imidazole rings is 1. The number of hydrogen-bond acceptors (Lipinski definition) is 6. The van der Waals surface area contributed by atoms with Gasteiger partial charge in [-0.05, 0) is 31.2 Å². The van der Waals surface area contributed by atoms with Crippen LogP contribution in [0.15, 0.2) is 36.7 Å². The number of fused-ring (bicyclic) bond motifs is 1. The molecule has 2 fully saturated rings. The number of rotatable bonds is 4. The molecule has 2 aliphatic rings. The van der Waals surface area contributed by atoms with Crippen LogP contribution in [0.1, 0.15) is 24.8 Å². The lowest BCUT2D eigenvalue weighted by atomic mass is 9.78. The molecule has 5 rings (SSSR count). The lowest BCUT2D eigenvalue weighted by Gasteiger charge is -2.39. The van der Waals surface area contributed by atoms with Crippen LogP contribution in [0.2, 0.25) is 0 Å². The second-order valence-corrected chi connectivity index (χ2v) is 8.09. The van der Waals surface area contributed by atoms with Crippen LogP contribution in [0.4, 0.5) is 11.8 Å². The number of nitrogens with zero attached hydrogens (tertiary/aromatic N) is 5. The van der Waals surface area contributed by atoms with E-state index in [0.29, 0.717) is 12.2 Å². The zero-order valence-corrected chi connectivity index (χ0v) is 16.3.